The van der Waals surface area contributed by atoms with Crippen molar-refractivity contribution in [2.45, 2.75) is 57.7 Å². The van der Waals surface area contributed by atoms with E-state index < -0.39 is 18.0 Å². The summed E-state index contributed by atoms with van der Waals surface area (Å²) in [5.74, 6) is -1.08. The van der Waals surface area contributed by atoms with Crippen LogP contribution in [0.1, 0.15) is 42.9 Å². The van der Waals surface area contributed by atoms with Crippen LogP contribution >= 0.6 is 0 Å². The van der Waals surface area contributed by atoms with E-state index in [1.165, 1.54) is 0 Å². The molecule has 8 nitrogen and oxygen atoms in total. The Morgan fingerprint density at radius 2 is 1.55 bits per heavy atom. The van der Waals surface area contributed by atoms with Gasteiger partial charge in [-0.2, -0.15) is 0 Å². The summed E-state index contributed by atoms with van der Waals surface area (Å²) in [7, 11) is 0. The first-order chi connectivity index (χ1) is 21.4. The maximum absolute atomic E-state index is 13.1. The molecule has 0 saturated carbocycles. The Bertz CT molecular complexity index is 1360. The Hall–Kier alpha value is -4.43. The van der Waals surface area contributed by atoms with Gasteiger partial charge in [0.2, 0.25) is 11.8 Å². The largest absolute Gasteiger partial charge is 0.489 e. The van der Waals surface area contributed by atoms with Crippen molar-refractivity contribution in [2.75, 3.05) is 13.2 Å². The number of amides is 2. The summed E-state index contributed by atoms with van der Waals surface area (Å²) >= 11 is 0. The number of rotatable bonds is 11. The fraction of sp³-hybridized carbons (Fsp3) is 0.361. The monoisotopic (exact) mass is 598 g/mol. The molecule has 8 heteroatoms. The van der Waals surface area contributed by atoms with E-state index in [0.717, 1.165) is 22.4 Å². The molecule has 0 fully saturated rings. The predicted molar refractivity (Wildman–Crippen MR) is 169 cm³/mol. The molecule has 0 aliphatic carbocycles. The number of cyclic esters (lactones) is 1. The van der Waals surface area contributed by atoms with E-state index in [4.69, 9.17) is 9.47 Å². The zero-order valence-corrected chi connectivity index (χ0v) is 25.2. The van der Waals surface area contributed by atoms with Gasteiger partial charge in [-0.1, -0.05) is 84.9 Å². The first-order valence-corrected chi connectivity index (χ1v) is 15.2. The van der Waals surface area contributed by atoms with E-state index in [1.807, 2.05) is 97.1 Å². The van der Waals surface area contributed by atoms with Gasteiger partial charge in [0.15, 0.2) is 0 Å². The molecule has 3 aromatic carbocycles. The predicted octanol–water partition coefficient (Wildman–Crippen LogP) is 4.55. The Balaban J connectivity index is 1.31. The lowest BCUT2D eigenvalue weighted by molar-refractivity contribution is -0.149. The molecule has 3 N–H and O–H groups in total. The first-order valence-electron chi connectivity index (χ1n) is 15.2. The van der Waals surface area contributed by atoms with Crippen LogP contribution in [-0.4, -0.2) is 48.2 Å². The quantitative estimate of drug-likeness (QED) is 0.221. The fourth-order valence-corrected chi connectivity index (χ4v) is 5.11. The zero-order chi connectivity index (χ0) is 31.1. The molecule has 44 heavy (non-hydrogen) atoms. The molecule has 1 aliphatic heterocycles. The molecule has 4 atom stereocenters. The molecule has 1 heterocycles. The Morgan fingerprint density at radius 3 is 2.20 bits per heavy atom. The number of aliphatic hydroxyl groups is 1. The summed E-state index contributed by atoms with van der Waals surface area (Å²) in [6.45, 7) is 2.06. The zero-order valence-electron chi connectivity index (χ0n) is 25.2. The van der Waals surface area contributed by atoms with Crippen LogP contribution in [0.2, 0.25) is 0 Å². The van der Waals surface area contributed by atoms with E-state index >= 15 is 0 Å². The van der Waals surface area contributed by atoms with Crippen LogP contribution in [0.15, 0.2) is 97.1 Å². The van der Waals surface area contributed by atoms with Crippen LogP contribution in [-0.2, 0) is 38.6 Å². The van der Waals surface area contributed by atoms with Crippen LogP contribution in [0.3, 0.4) is 0 Å². The van der Waals surface area contributed by atoms with E-state index in [9.17, 15) is 19.5 Å². The van der Waals surface area contributed by atoms with Gasteiger partial charge < -0.3 is 25.2 Å². The lowest BCUT2D eigenvalue weighted by Crippen LogP contribution is -2.44. The van der Waals surface area contributed by atoms with Gasteiger partial charge in [0.05, 0.1) is 30.5 Å². The summed E-state index contributed by atoms with van der Waals surface area (Å²) in [5, 5.41) is 15.8. The Kier molecular flexibility index (Phi) is 12.6. The number of carbonyl (C=O) groups is 3. The minimum absolute atomic E-state index is 0.0289. The summed E-state index contributed by atoms with van der Waals surface area (Å²) in [6.07, 6.45) is 5.55. The van der Waals surface area contributed by atoms with E-state index in [0.29, 0.717) is 32.3 Å². The number of ether oxygens (including phenoxy) is 2. The number of nitrogens with one attached hydrogen (secondary N) is 2. The molecule has 0 aromatic heterocycles. The highest BCUT2D eigenvalue weighted by Crippen LogP contribution is 2.19. The smallest absolute Gasteiger partial charge is 0.309 e. The molecule has 0 unspecified atom stereocenters. The molecular formula is C36H42N2O6. The number of esters is 1. The third kappa shape index (κ3) is 10.7. The minimum Gasteiger partial charge on any atom is -0.489 e. The second-order valence-electron chi connectivity index (χ2n) is 11.3. The molecular weight excluding hydrogens is 556 g/mol. The average Bonchev–Trinajstić information content (AvgIpc) is 3.04. The van der Waals surface area contributed by atoms with Gasteiger partial charge in [-0.05, 0) is 61.4 Å². The highest BCUT2D eigenvalue weighted by atomic mass is 16.5. The van der Waals surface area contributed by atoms with Gasteiger partial charge in [0, 0.05) is 6.42 Å². The van der Waals surface area contributed by atoms with Crippen molar-refractivity contribution >= 4 is 17.8 Å². The number of carbonyl (C=O) groups excluding carboxylic acids is 3. The van der Waals surface area contributed by atoms with Crippen molar-refractivity contribution in [1.82, 2.24) is 10.6 Å². The van der Waals surface area contributed by atoms with Gasteiger partial charge in [0.1, 0.15) is 19.0 Å². The molecule has 0 spiro atoms. The van der Waals surface area contributed by atoms with Crippen LogP contribution < -0.4 is 15.4 Å². The minimum atomic E-state index is -0.600. The second-order valence-corrected chi connectivity index (χ2v) is 11.3. The second kappa shape index (κ2) is 17.0. The van der Waals surface area contributed by atoms with Gasteiger partial charge in [0.25, 0.3) is 0 Å². The molecule has 232 valence electrons. The third-order valence-corrected chi connectivity index (χ3v) is 7.57. The summed E-state index contributed by atoms with van der Waals surface area (Å²) in [6, 6.07) is 26.4. The molecule has 0 saturated heterocycles. The van der Waals surface area contributed by atoms with Gasteiger partial charge >= 0.3 is 5.97 Å². The Morgan fingerprint density at radius 1 is 0.909 bits per heavy atom. The van der Waals surface area contributed by atoms with Gasteiger partial charge in [-0.15, -0.1) is 0 Å². The SMILES string of the molecule is C[C@H]1COC(=O)[C@H](Cc2ccccc2)CC=CC[C@H](CC(=O)N[C@H](CO)Cc2ccc(OCc3ccccc3)cc2)C(=O)N1. The third-order valence-electron chi connectivity index (χ3n) is 7.57. The van der Waals surface area contributed by atoms with Crippen LogP contribution in [0.4, 0.5) is 0 Å². The van der Waals surface area contributed by atoms with Crippen molar-refractivity contribution < 1.29 is 29.0 Å². The van der Waals surface area contributed by atoms with Crippen LogP contribution in [0, 0.1) is 11.8 Å². The number of hydrogen-bond donors (Lipinski definition) is 3. The average molecular weight is 599 g/mol. The maximum Gasteiger partial charge on any atom is 0.309 e. The van der Waals surface area contributed by atoms with Crippen LogP contribution in [0.25, 0.3) is 0 Å². The molecule has 0 radical (unpaired) electrons. The summed E-state index contributed by atoms with van der Waals surface area (Å²) in [5.41, 5.74) is 3.07. The molecule has 1 aliphatic rings. The number of aliphatic hydroxyl groups excluding tert-OH is 1. The molecule has 3 aromatic rings. The standard InChI is InChI=1S/C36H42N2O6/c1-26-24-44-36(42)31(20-27-10-4-2-5-11-27)15-9-8-14-30(35(41)37-26)22-34(40)38-32(23-39)21-28-16-18-33(19-17-28)43-25-29-12-6-3-7-13-29/h2-13,16-19,26,30-32,39H,14-15,20-25H2,1H3,(H,37,41)(H,38,40)/t26-,30+,31-,32-/m0/s1. The summed E-state index contributed by atoms with van der Waals surface area (Å²) < 4.78 is 11.4. The normalized spacial score (nSPS) is 19.9. The van der Waals surface area contributed by atoms with E-state index in [-0.39, 0.29) is 43.3 Å². The molecule has 4 rings (SSSR count). The molecule has 0 bridgehead atoms. The number of benzene rings is 3. The molecule has 2 amide bonds. The highest BCUT2D eigenvalue weighted by molar-refractivity contribution is 5.86. The van der Waals surface area contributed by atoms with Crippen molar-refractivity contribution in [2.24, 2.45) is 11.8 Å². The summed E-state index contributed by atoms with van der Waals surface area (Å²) in [4.78, 5) is 38.9. The lowest BCUT2D eigenvalue weighted by Gasteiger charge is -2.23. The van der Waals surface area contributed by atoms with Crippen molar-refractivity contribution in [3.05, 3.63) is 114 Å². The Labute approximate surface area is 259 Å². The van der Waals surface area contributed by atoms with Gasteiger partial charge in [-0.3, -0.25) is 14.4 Å². The van der Waals surface area contributed by atoms with Crippen LogP contribution in [0.5, 0.6) is 5.75 Å². The maximum atomic E-state index is 13.1. The number of allylic oxidation sites excluding steroid dienone is 2. The van der Waals surface area contributed by atoms with Crippen molar-refractivity contribution in [1.29, 1.82) is 0 Å². The van der Waals surface area contributed by atoms with E-state index in [1.54, 1.807) is 6.92 Å². The van der Waals surface area contributed by atoms with E-state index in [2.05, 4.69) is 10.6 Å². The van der Waals surface area contributed by atoms with Gasteiger partial charge in [-0.25, -0.2) is 0 Å². The topological polar surface area (TPSA) is 114 Å². The van der Waals surface area contributed by atoms with Crippen molar-refractivity contribution in [3.8, 4) is 5.75 Å². The first kappa shape index (κ1) is 32.5. The lowest BCUT2D eigenvalue weighted by atomic mass is 9.94. The number of hydrogen-bond acceptors (Lipinski definition) is 6. The highest BCUT2D eigenvalue weighted by Gasteiger charge is 2.26. The fourth-order valence-electron chi connectivity index (χ4n) is 5.11. The van der Waals surface area contributed by atoms with Crippen molar-refractivity contribution in [3.63, 3.8) is 0 Å².